The van der Waals surface area contributed by atoms with Crippen LogP contribution in [-0.2, 0) is 16.6 Å². The zero-order valence-electron chi connectivity index (χ0n) is 13.7. The van der Waals surface area contributed by atoms with Crippen molar-refractivity contribution in [1.29, 1.82) is 0 Å². The first-order valence-electron chi connectivity index (χ1n) is 8.39. The highest BCUT2D eigenvalue weighted by Gasteiger charge is 2.30. The van der Waals surface area contributed by atoms with E-state index in [1.54, 1.807) is 24.1 Å². The van der Waals surface area contributed by atoms with Gasteiger partial charge in [0, 0.05) is 51.5 Å². The minimum Gasteiger partial charge on any atom is -0.379 e. The van der Waals surface area contributed by atoms with Crippen LogP contribution in [0.4, 0.5) is 0 Å². The van der Waals surface area contributed by atoms with Crippen molar-refractivity contribution in [2.24, 2.45) is 13.0 Å². The molecule has 2 aliphatic rings. The molecule has 23 heavy (non-hydrogen) atoms. The van der Waals surface area contributed by atoms with Crippen LogP contribution in [0.2, 0.25) is 0 Å². The Morgan fingerprint density at radius 2 is 2.22 bits per heavy atom. The van der Waals surface area contributed by atoms with Crippen molar-refractivity contribution in [2.45, 2.75) is 18.9 Å². The first kappa shape index (κ1) is 16.4. The molecule has 0 radical (unpaired) electrons. The molecule has 7 heteroatoms. The van der Waals surface area contributed by atoms with Crippen LogP contribution in [0.25, 0.3) is 0 Å². The maximum atomic E-state index is 12.6. The number of aromatic nitrogens is 2. The third kappa shape index (κ3) is 4.10. The zero-order valence-corrected chi connectivity index (χ0v) is 13.7. The number of carbonyl (C=O) groups excluding carboxylic acids is 1. The highest BCUT2D eigenvalue weighted by atomic mass is 16.5. The van der Waals surface area contributed by atoms with Crippen molar-refractivity contribution in [3.63, 3.8) is 0 Å². The van der Waals surface area contributed by atoms with Gasteiger partial charge in [-0.2, -0.15) is 5.10 Å². The highest BCUT2D eigenvalue weighted by Crippen LogP contribution is 2.22. The third-order valence-electron chi connectivity index (χ3n) is 4.73. The average Bonchev–Trinajstić information content (AvgIpc) is 3.01. The number of rotatable bonds is 4. The Labute approximate surface area is 136 Å². The van der Waals surface area contributed by atoms with Crippen LogP contribution < -0.4 is 0 Å². The van der Waals surface area contributed by atoms with Crippen LogP contribution in [0.15, 0.2) is 12.4 Å². The fourth-order valence-electron chi connectivity index (χ4n) is 3.46. The van der Waals surface area contributed by atoms with Crippen molar-refractivity contribution in [3.8, 4) is 0 Å². The summed E-state index contributed by atoms with van der Waals surface area (Å²) < 4.78 is 6.98. The molecule has 2 saturated heterocycles. The van der Waals surface area contributed by atoms with Gasteiger partial charge in [0.15, 0.2) is 6.10 Å². The predicted octanol–water partition coefficient (Wildman–Crippen LogP) is 0.0243. The molecule has 1 aromatic heterocycles. The van der Waals surface area contributed by atoms with Gasteiger partial charge in [-0.3, -0.25) is 14.4 Å². The summed E-state index contributed by atoms with van der Waals surface area (Å²) in [5, 5.41) is 14.3. The number of carbonyl (C=O) groups is 1. The summed E-state index contributed by atoms with van der Waals surface area (Å²) >= 11 is 0. The van der Waals surface area contributed by atoms with Gasteiger partial charge in [0.2, 0.25) is 0 Å². The molecule has 1 N–H and O–H groups in total. The van der Waals surface area contributed by atoms with Gasteiger partial charge >= 0.3 is 0 Å². The lowest BCUT2D eigenvalue weighted by atomic mass is 9.96. The fraction of sp³-hybridized carbons (Fsp3) is 0.750. The summed E-state index contributed by atoms with van der Waals surface area (Å²) in [6.07, 6.45) is 4.28. The number of aryl methyl sites for hydroxylation is 1. The number of ether oxygens (including phenoxy) is 1. The Morgan fingerprint density at radius 1 is 1.43 bits per heavy atom. The molecule has 3 heterocycles. The lowest BCUT2D eigenvalue weighted by Crippen LogP contribution is -2.47. The van der Waals surface area contributed by atoms with E-state index in [9.17, 15) is 9.90 Å². The van der Waals surface area contributed by atoms with Gasteiger partial charge < -0.3 is 14.7 Å². The molecule has 1 aromatic rings. The number of morpholine rings is 1. The van der Waals surface area contributed by atoms with E-state index in [-0.39, 0.29) is 5.91 Å². The molecule has 128 valence electrons. The molecule has 0 bridgehead atoms. The topological polar surface area (TPSA) is 70.8 Å². The van der Waals surface area contributed by atoms with Crippen LogP contribution in [0.3, 0.4) is 0 Å². The van der Waals surface area contributed by atoms with E-state index in [0.29, 0.717) is 11.5 Å². The molecular formula is C16H26N4O3. The second-order valence-electron chi connectivity index (χ2n) is 6.56. The molecule has 2 aliphatic heterocycles. The standard InChI is InChI=1S/C16H26N4O3/c1-18-12-14(9-17-18)15(21)16(22)20-4-2-3-13(11-20)10-19-5-7-23-8-6-19/h9,12-13,15,21H,2-8,10-11H2,1H3/t13-,15-/m1/s1. The lowest BCUT2D eigenvalue weighted by Gasteiger charge is -2.37. The number of piperidine rings is 1. The van der Waals surface area contributed by atoms with Gasteiger partial charge in [-0.15, -0.1) is 0 Å². The number of amides is 1. The molecular weight excluding hydrogens is 296 g/mol. The van der Waals surface area contributed by atoms with E-state index in [1.807, 2.05) is 4.90 Å². The number of hydrogen-bond donors (Lipinski definition) is 1. The van der Waals surface area contributed by atoms with Crippen molar-refractivity contribution >= 4 is 5.91 Å². The Balaban J connectivity index is 1.55. The van der Waals surface area contributed by atoms with Gasteiger partial charge in [0.1, 0.15) is 0 Å². The molecule has 0 unspecified atom stereocenters. The maximum Gasteiger partial charge on any atom is 0.256 e. The van der Waals surface area contributed by atoms with Crippen LogP contribution in [-0.4, -0.2) is 76.5 Å². The summed E-state index contributed by atoms with van der Waals surface area (Å²) in [4.78, 5) is 16.8. The quantitative estimate of drug-likeness (QED) is 0.846. The smallest absolute Gasteiger partial charge is 0.256 e. The number of aliphatic hydroxyl groups excluding tert-OH is 1. The second kappa shape index (κ2) is 7.42. The van der Waals surface area contributed by atoms with Gasteiger partial charge in [-0.1, -0.05) is 0 Å². The van der Waals surface area contributed by atoms with E-state index in [4.69, 9.17) is 4.74 Å². The van der Waals surface area contributed by atoms with E-state index < -0.39 is 6.10 Å². The van der Waals surface area contributed by atoms with E-state index in [0.717, 1.165) is 58.8 Å². The van der Waals surface area contributed by atoms with Crippen molar-refractivity contribution in [2.75, 3.05) is 45.9 Å². The largest absolute Gasteiger partial charge is 0.379 e. The molecule has 7 nitrogen and oxygen atoms in total. The minimum atomic E-state index is -1.11. The van der Waals surface area contributed by atoms with Gasteiger partial charge in [0.25, 0.3) is 5.91 Å². The monoisotopic (exact) mass is 322 g/mol. The van der Waals surface area contributed by atoms with Gasteiger partial charge in [0.05, 0.1) is 19.4 Å². The molecule has 1 amide bonds. The average molecular weight is 322 g/mol. The molecule has 2 fully saturated rings. The van der Waals surface area contributed by atoms with Crippen LogP contribution in [0.5, 0.6) is 0 Å². The lowest BCUT2D eigenvalue weighted by molar-refractivity contribution is -0.142. The maximum absolute atomic E-state index is 12.6. The Kier molecular flexibility index (Phi) is 5.30. The second-order valence-corrected chi connectivity index (χ2v) is 6.56. The Hall–Kier alpha value is -1.44. The molecule has 2 atom stereocenters. The number of aliphatic hydroxyl groups is 1. The molecule has 0 aliphatic carbocycles. The highest BCUT2D eigenvalue weighted by molar-refractivity contribution is 5.82. The van der Waals surface area contributed by atoms with Crippen molar-refractivity contribution < 1.29 is 14.6 Å². The molecule has 0 aromatic carbocycles. The van der Waals surface area contributed by atoms with Crippen LogP contribution >= 0.6 is 0 Å². The fourth-order valence-corrected chi connectivity index (χ4v) is 3.46. The minimum absolute atomic E-state index is 0.204. The molecule has 3 rings (SSSR count). The first-order valence-corrected chi connectivity index (χ1v) is 8.39. The van der Waals surface area contributed by atoms with E-state index in [2.05, 4.69) is 10.00 Å². The summed E-state index contributed by atoms with van der Waals surface area (Å²) in [6.45, 7) is 6.02. The van der Waals surface area contributed by atoms with Crippen molar-refractivity contribution in [1.82, 2.24) is 19.6 Å². The predicted molar refractivity (Wildman–Crippen MR) is 84.7 cm³/mol. The Morgan fingerprint density at radius 3 is 2.91 bits per heavy atom. The number of likely N-dealkylation sites (tertiary alicyclic amines) is 1. The summed E-state index contributed by atoms with van der Waals surface area (Å²) in [7, 11) is 1.78. The number of nitrogens with zero attached hydrogens (tertiary/aromatic N) is 4. The molecule has 0 saturated carbocycles. The number of hydrogen-bond acceptors (Lipinski definition) is 5. The SMILES string of the molecule is Cn1cc([C@@H](O)C(=O)N2CCC[C@H](CN3CCOCC3)C2)cn1. The third-order valence-corrected chi connectivity index (χ3v) is 4.73. The zero-order chi connectivity index (χ0) is 16.2. The van der Waals surface area contributed by atoms with Crippen LogP contribution in [0, 0.1) is 5.92 Å². The van der Waals surface area contributed by atoms with E-state index in [1.165, 1.54) is 0 Å². The van der Waals surface area contributed by atoms with Gasteiger partial charge in [-0.25, -0.2) is 0 Å². The summed E-state index contributed by atoms with van der Waals surface area (Å²) in [6, 6.07) is 0. The molecule has 0 spiro atoms. The van der Waals surface area contributed by atoms with Gasteiger partial charge in [-0.05, 0) is 18.8 Å². The first-order chi connectivity index (χ1) is 11.1. The van der Waals surface area contributed by atoms with E-state index >= 15 is 0 Å². The summed E-state index contributed by atoms with van der Waals surface area (Å²) in [5.74, 6) is 0.275. The normalized spacial score (nSPS) is 24.6. The van der Waals surface area contributed by atoms with Crippen molar-refractivity contribution in [3.05, 3.63) is 18.0 Å². The summed E-state index contributed by atoms with van der Waals surface area (Å²) in [5.41, 5.74) is 0.563. The van der Waals surface area contributed by atoms with Crippen LogP contribution in [0.1, 0.15) is 24.5 Å². The Bertz CT molecular complexity index is 527.